The molecule has 3 heterocycles. The van der Waals surface area contributed by atoms with Gasteiger partial charge in [0.15, 0.2) is 0 Å². The van der Waals surface area contributed by atoms with Gasteiger partial charge in [0.25, 0.3) is 17.4 Å². The van der Waals surface area contributed by atoms with Crippen LogP contribution in [0, 0.1) is 29.1 Å². The van der Waals surface area contributed by atoms with Gasteiger partial charge in [-0.05, 0) is 36.5 Å². The second-order valence-corrected chi connectivity index (χ2v) is 11.8. The van der Waals surface area contributed by atoms with Crippen molar-refractivity contribution in [3.63, 3.8) is 0 Å². The lowest BCUT2D eigenvalue weighted by molar-refractivity contribution is -0.149. The maximum absolute atomic E-state index is 14.0. The molecule has 0 bridgehead atoms. The van der Waals surface area contributed by atoms with E-state index in [1.165, 1.54) is 4.90 Å². The summed E-state index contributed by atoms with van der Waals surface area (Å²) in [5, 5.41) is 6.40. The molecular weight excluding hydrogens is 536 g/mol. The number of hydrogen-bond donors (Lipinski definition) is 3. The van der Waals surface area contributed by atoms with Crippen LogP contribution < -0.4 is 16.1 Å². The molecule has 1 aromatic heterocycles. The number of nitrogens with one attached hydrogen (secondary N) is 3. The second-order valence-electron chi connectivity index (χ2n) is 11.5. The Kier molecular flexibility index (Phi) is 8.57. The zero-order valence-electron chi connectivity index (χ0n) is 22.1. The molecular formula is C25H34ClF2N7O4. The van der Waals surface area contributed by atoms with Crippen molar-refractivity contribution in [2.75, 3.05) is 25.0 Å². The molecule has 1 saturated carbocycles. The van der Waals surface area contributed by atoms with Crippen molar-refractivity contribution in [1.29, 1.82) is 0 Å². The van der Waals surface area contributed by atoms with Crippen LogP contribution in [0.4, 0.5) is 14.6 Å². The van der Waals surface area contributed by atoms with Gasteiger partial charge in [-0.25, -0.2) is 19.4 Å². The monoisotopic (exact) mass is 569 g/mol. The highest BCUT2D eigenvalue weighted by atomic mass is 35.5. The standard InChI is InChI=1S/C25H34ClF2N7O4/c1-25(2,3)19(32-17-9-16(27)30-12-31-17)23(38)34-10-13-5-4-6-15(13)18(34)22(37)33-35(24(39)20(26)28)11-14-7-8-29-21(14)36/h9,12-15,18-20H,4-8,10-11H2,1-3H3,(H,29,36)(H,33,37)(H,30,31,32)/t13-,14-,15-,18-,19?,20?/m0/s1. The number of rotatable bonds is 7. The van der Waals surface area contributed by atoms with Crippen LogP contribution in [0.2, 0.25) is 0 Å². The summed E-state index contributed by atoms with van der Waals surface area (Å²) in [6.45, 7) is 5.99. The minimum Gasteiger partial charge on any atom is -0.358 e. The van der Waals surface area contributed by atoms with E-state index in [1.54, 1.807) is 0 Å². The summed E-state index contributed by atoms with van der Waals surface area (Å²) in [5.74, 6) is -3.88. The number of anilines is 1. The zero-order chi connectivity index (χ0) is 28.5. The Morgan fingerprint density at radius 1 is 1.26 bits per heavy atom. The predicted molar refractivity (Wildman–Crippen MR) is 137 cm³/mol. The molecule has 2 unspecified atom stereocenters. The minimum atomic E-state index is -2.42. The lowest BCUT2D eigenvalue weighted by Gasteiger charge is -2.37. The third-order valence-corrected chi connectivity index (χ3v) is 7.93. The first-order valence-electron chi connectivity index (χ1n) is 13.1. The summed E-state index contributed by atoms with van der Waals surface area (Å²) in [7, 11) is 0. The molecule has 0 radical (unpaired) electrons. The van der Waals surface area contributed by atoms with Crippen molar-refractivity contribution < 1.29 is 28.0 Å². The number of amides is 4. The molecule has 39 heavy (non-hydrogen) atoms. The van der Waals surface area contributed by atoms with Crippen molar-refractivity contribution in [2.45, 2.75) is 64.2 Å². The Balaban J connectivity index is 1.58. The molecule has 1 aliphatic carbocycles. The van der Waals surface area contributed by atoms with Crippen LogP contribution in [-0.2, 0) is 19.2 Å². The maximum atomic E-state index is 14.0. The number of likely N-dealkylation sites (tertiary alicyclic amines) is 1. The number of fused-ring (bicyclic) bond motifs is 1. The first-order chi connectivity index (χ1) is 18.4. The van der Waals surface area contributed by atoms with Gasteiger partial charge in [0.05, 0.1) is 12.5 Å². The van der Waals surface area contributed by atoms with Gasteiger partial charge >= 0.3 is 0 Å². The van der Waals surface area contributed by atoms with E-state index >= 15 is 0 Å². The first kappa shape index (κ1) is 28.9. The Morgan fingerprint density at radius 3 is 2.62 bits per heavy atom. The lowest BCUT2D eigenvalue weighted by atomic mass is 9.85. The molecule has 4 amide bonds. The van der Waals surface area contributed by atoms with Crippen molar-refractivity contribution in [3.05, 3.63) is 18.3 Å². The van der Waals surface area contributed by atoms with Crippen LogP contribution in [0.15, 0.2) is 12.4 Å². The molecule has 11 nitrogen and oxygen atoms in total. The van der Waals surface area contributed by atoms with Crippen molar-refractivity contribution in [3.8, 4) is 0 Å². The number of halogens is 3. The van der Waals surface area contributed by atoms with Crippen LogP contribution in [-0.4, -0.2) is 80.9 Å². The number of aromatic nitrogens is 2. The SMILES string of the molecule is CC(C)(C)C(Nc1cc(F)ncn1)C(=O)N1C[C@@H]2CCC[C@@H]2[C@H]1C(=O)NN(C[C@@H]1CCNC1=O)C(=O)C(F)Cl. The predicted octanol–water partition coefficient (Wildman–Crippen LogP) is 1.60. The molecule has 2 saturated heterocycles. The molecule has 214 valence electrons. The Morgan fingerprint density at radius 2 is 2.00 bits per heavy atom. The number of carbonyl (C=O) groups excluding carboxylic acids is 4. The highest BCUT2D eigenvalue weighted by Crippen LogP contribution is 2.43. The highest BCUT2D eigenvalue weighted by Gasteiger charge is 2.52. The van der Waals surface area contributed by atoms with Gasteiger partial charge in [0.2, 0.25) is 17.8 Å². The fourth-order valence-electron chi connectivity index (χ4n) is 5.79. The fourth-order valence-corrected chi connectivity index (χ4v) is 5.91. The van der Waals surface area contributed by atoms with Crippen molar-refractivity contribution >= 4 is 41.0 Å². The Labute approximate surface area is 230 Å². The van der Waals surface area contributed by atoms with E-state index in [0.717, 1.165) is 30.2 Å². The molecule has 3 N–H and O–H groups in total. The summed E-state index contributed by atoms with van der Waals surface area (Å²) in [5.41, 5.74) is -0.600. The lowest BCUT2D eigenvalue weighted by Crippen LogP contribution is -2.59. The first-order valence-corrected chi connectivity index (χ1v) is 13.5. The summed E-state index contributed by atoms with van der Waals surface area (Å²) < 4.78 is 27.6. The summed E-state index contributed by atoms with van der Waals surface area (Å²) >= 11 is 5.42. The molecule has 3 aliphatic rings. The normalized spacial score (nSPS) is 26.0. The fraction of sp³-hybridized carbons (Fsp3) is 0.680. The van der Waals surface area contributed by atoms with Gasteiger partial charge < -0.3 is 15.5 Å². The van der Waals surface area contributed by atoms with Gasteiger partial charge in [-0.1, -0.05) is 38.8 Å². The average molecular weight is 570 g/mol. The third kappa shape index (κ3) is 6.39. The minimum absolute atomic E-state index is 0.0773. The number of alkyl halides is 2. The average Bonchev–Trinajstić information content (AvgIpc) is 3.56. The zero-order valence-corrected chi connectivity index (χ0v) is 22.9. The van der Waals surface area contributed by atoms with Gasteiger partial charge in [0, 0.05) is 19.2 Å². The van der Waals surface area contributed by atoms with E-state index in [9.17, 15) is 28.0 Å². The van der Waals surface area contributed by atoms with E-state index in [4.69, 9.17) is 11.6 Å². The van der Waals surface area contributed by atoms with E-state index in [0.29, 0.717) is 25.9 Å². The summed E-state index contributed by atoms with van der Waals surface area (Å²) in [4.78, 5) is 61.3. The Hall–Kier alpha value is -3.09. The van der Waals surface area contributed by atoms with Crippen LogP contribution >= 0.6 is 11.6 Å². The highest BCUT2D eigenvalue weighted by molar-refractivity contribution is 6.29. The molecule has 0 spiro atoms. The number of hydrazine groups is 1. The number of hydrogen-bond acceptors (Lipinski definition) is 7. The molecule has 6 atom stereocenters. The van der Waals surface area contributed by atoms with Crippen LogP contribution in [0.5, 0.6) is 0 Å². The van der Waals surface area contributed by atoms with Crippen molar-refractivity contribution in [1.82, 2.24) is 30.6 Å². The molecule has 4 rings (SSSR count). The Bertz CT molecular complexity index is 1120. The van der Waals surface area contributed by atoms with Gasteiger partial charge in [-0.15, -0.1) is 0 Å². The van der Waals surface area contributed by atoms with Gasteiger partial charge in [-0.3, -0.25) is 24.6 Å². The van der Waals surface area contributed by atoms with E-state index in [-0.39, 0.29) is 36.0 Å². The van der Waals surface area contributed by atoms with Crippen LogP contribution in [0.1, 0.15) is 46.5 Å². The van der Waals surface area contributed by atoms with Crippen LogP contribution in [0.25, 0.3) is 0 Å². The topological polar surface area (TPSA) is 137 Å². The van der Waals surface area contributed by atoms with Gasteiger partial charge in [-0.2, -0.15) is 4.39 Å². The second kappa shape index (κ2) is 11.6. The molecule has 1 aromatic rings. The van der Waals surface area contributed by atoms with Crippen molar-refractivity contribution in [2.24, 2.45) is 23.2 Å². The largest absolute Gasteiger partial charge is 0.358 e. The number of nitrogens with zero attached hydrogens (tertiary/aromatic N) is 4. The van der Waals surface area contributed by atoms with E-state index in [2.05, 4.69) is 26.0 Å². The van der Waals surface area contributed by atoms with Crippen LogP contribution in [0.3, 0.4) is 0 Å². The third-order valence-electron chi connectivity index (χ3n) is 7.74. The molecule has 14 heteroatoms. The maximum Gasteiger partial charge on any atom is 0.291 e. The van der Waals surface area contributed by atoms with E-state index < -0.39 is 46.8 Å². The van der Waals surface area contributed by atoms with Gasteiger partial charge in [0.1, 0.15) is 24.2 Å². The molecule has 2 aliphatic heterocycles. The van der Waals surface area contributed by atoms with E-state index in [1.807, 2.05) is 20.8 Å². The summed E-state index contributed by atoms with van der Waals surface area (Å²) in [6, 6.07) is -0.726. The molecule has 3 fully saturated rings. The molecule has 0 aromatic carbocycles. The quantitative estimate of drug-likeness (QED) is 0.258. The summed E-state index contributed by atoms with van der Waals surface area (Å²) in [6.07, 6.45) is 3.89. The smallest absolute Gasteiger partial charge is 0.291 e. The number of carbonyl (C=O) groups is 4.